The highest BCUT2D eigenvalue weighted by molar-refractivity contribution is 5.30. The molecule has 0 fully saturated rings. The Labute approximate surface area is 112 Å². The fourth-order valence-corrected chi connectivity index (χ4v) is 2.24. The molecule has 0 saturated carbocycles. The van der Waals surface area contributed by atoms with Crippen LogP contribution in [0.1, 0.15) is 44.1 Å². The number of hydrogen-bond donors (Lipinski definition) is 0. The maximum Gasteiger partial charge on any atom is 0.119 e. The van der Waals surface area contributed by atoms with Crippen LogP contribution in [0, 0.1) is 0 Å². The zero-order chi connectivity index (χ0) is 13.4. The van der Waals surface area contributed by atoms with Gasteiger partial charge in [0.15, 0.2) is 0 Å². The van der Waals surface area contributed by atoms with Crippen molar-refractivity contribution in [1.29, 1.82) is 0 Å². The van der Waals surface area contributed by atoms with Gasteiger partial charge >= 0.3 is 0 Å². The van der Waals surface area contributed by atoms with E-state index in [4.69, 9.17) is 4.74 Å². The first-order valence-corrected chi connectivity index (χ1v) is 6.96. The van der Waals surface area contributed by atoms with Crippen LogP contribution in [-0.2, 0) is 0 Å². The Bertz CT molecular complexity index is 336. The van der Waals surface area contributed by atoms with Gasteiger partial charge in [0.2, 0.25) is 0 Å². The summed E-state index contributed by atoms with van der Waals surface area (Å²) < 4.78 is 5.32. The molecule has 0 aliphatic rings. The van der Waals surface area contributed by atoms with Gasteiger partial charge < -0.3 is 9.64 Å². The summed E-state index contributed by atoms with van der Waals surface area (Å²) in [6, 6.07) is 8.55. The van der Waals surface area contributed by atoms with Crippen molar-refractivity contribution < 1.29 is 4.74 Å². The van der Waals surface area contributed by atoms with Crippen LogP contribution >= 0.6 is 0 Å². The van der Waals surface area contributed by atoms with Crippen LogP contribution in [0.4, 0.5) is 0 Å². The molecule has 1 unspecified atom stereocenters. The SMILES string of the molecule is CCCCC(CCN(C)C)c1cccc(OC)c1. The molecule has 0 aliphatic carbocycles. The highest BCUT2D eigenvalue weighted by Gasteiger charge is 2.12. The lowest BCUT2D eigenvalue weighted by atomic mass is 9.90. The first kappa shape index (κ1) is 15.0. The summed E-state index contributed by atoms with van der Waals surface area (Å²) in [7, 11) is 6.02. The number of rotatable bonds is 8. The third-order valence-corrected chi connectivity index (χ3v) is 3.40. The topological polar surface area (TPSA) is 12.5 Å². The Hall–Kier alpha value is -1.02. The Morgan fingerprint density at radius 2 is 2.00 bits per heavy atom. The molecular formula is C16H27NO. The van der Waals surface area contributed by atoms with E-state index in [9.17, 15) is 0 Å². The van der Waals surface area contributed by atoms with Crippen LogP contribution in [-0.4, -0.2) is 32.6 Å². The van der Waals surface area contributed by atoms with Crippen molar-refractivity contribution in [3.8, 4) is 5.75 Å². The van der Waals surface area contributed by atoms with E-state index >= 15 is 0 Å². The second kappa shape index (κ2) is 8.15. The molecule has 102 valence electrons. The van der Waals surface area contributed by atoms with Gasteiger partial charge in [-0.2, -0.15) is 0 Å². The predicted octanol–water partition coefficient (Wildman–Crippen LogP) is 3.92. The van der Waals surface area contributed by atoms with Crippen molar-refractivity contribution >= 4 is 0 Å². The van der Waals surface area contributed by atoms with Crippen molar-refractivity contribution in [2.75, 3.05) is 27.7 Å². The fourth-order valence-electron chi connectivity index (χ4n) is 2.24. The second-order valence-electron chi connectivity index (χ2n) is 5.21. The van der Waals surface area contributed by atoms with Gasteiger partial charge in [-0.05, 0) is 57.1 Å². The van der Waals surface area contributed by atoms with E-state index in [0.717, 1.165) is 12.3 Å². The lowest BCUT2D eigenvalue weighted by Crippen LogP contribution is -2.16. The molecule has 2 heteroatoms. The number of benzene rings is 1. The minimum atomic E-state index is 0.655. The van der Waals surface area contributed by atoms with Gasteiger partial charge in [-0.15, -0.1) is 0 Å². The maximum atomic E-state index is 5.32. The third kappa shape index (κ3) is 5.09. The normalized spacial score (nSPS) is 12.7. The molecule has 0 saturated heterocycles. The Kier molecular flexibility index (Phi) is 6.81. The van der Waals surface area contributed by atoms with E-state index in [0.29, 0.717) is 5.92 Å². The van der Waals surface area contributed by atoms with Crippen molar-refractivity contribution in [3.63, 3.8) is 0 Å². The number of nitrogens with zero attached hydrogens (tertiary/aromatic N) is 1. The monoisotopic (exact) mass is 249 g/mol. The van der Waals surface area contributed by atoms with E-state index in [-0.39, 0.29) is 0 Å². The van der Waals surface area contributed by atoms with Gasteiger partial charge in [0, 0.05) is 0 Å². The molecule has 1 rings (SSSR count). The fraction of sp³-hybridized carbons (Fsp3) is 0.625. The lowest BCUT2D eigenvalue weighted by Gasteiger charge is -2.20. The minimum absolute atomic E-state index is 0.655. The van der Waals surface area contributed by atoms with E-state index in [2.05, 4.69) is 44.1 Å². The van der Waals surface area contributed by atoms with Crippen molar-refractivity contribution in [2.45, 2.75) is 38.5 Å². The smallest absolute Gasteiger partial charge is 0.119 e. The molecule has 18 heavy (non-hydrogen) atoms. The zero-order valence-electron chi connectivity index (χ0n) is 12.3. The van der Waals surface area contributed by atoms with Crippen molar-refractivity contribution in [2.24, 2.45) is 0 Å². The zero-order valence-corrected chi connectivity index (χ0v) is 12.3. The number of unbranched alkanes of at least 4 members (excludes halogenated alkanes) is 1. The summed E-state index contributed by atoms with van der Waals surface area (Å²) in [4.78, 5) is 2.26. The Morgan fingerprint density at radius 1 is 1.22 bits per heavy atom. The van der Waals surface area contributed by atoms with Gasteiger partial charge in [0.1, 0.15) is 5.75 Å². The number of ether oxygens (including phenoxy) is 1. The molecule has 2 nitrogen and oxygen atoms in total. The van der Waals surface area contributed by atoms with Gasteiger partial charge in [-0.1, -0.05) is 31.9 Å². The summed E-state index contributed by atoms with van der Waals surface area (Å²) >= 11 is 0. The summed E-state index contributed by atoms with van der Waals surface area (Å²) in [5.41, 5.74) is 1.42. The molecule has 1 atom stereocenters. The molecule has 0 aromatic heterocycles. The average molecular weight is 249 g/mol. The van der Waals surface area contributed by atoms with Crippen molar-refractivity contribution in [3.05, 3.63) is 29.8 Å². The van der Waals surface area contributed by atoms with Crippen LogP contribution in [0.3, 0.4) is 0 Å². The average Bonchev–Trinajstić information content (AvgIpc) is 2.38. The van der Waals surface area contributed by atoms with E-state index in [1.165, 1.54) is 31.2 Å². The standard InChI is InChI=1S/C16H27NO/c1-5-6-8-14(11-12-17(2)3)15-9-7-10-16(13-15)18-4/h7,9-10,13-14H,5-6,8,11-12H2,1-4H3. The number of methoxy groups -OCH3 is 1. The van der Waals surface area contributed by atoms with Crippen LogP contribution in [0.2, 0.25) is 0 Å². The molecule has 0 aliphatic heterocycles. The summed E-state index contributed by atoms with van der Waals surface area (Å²) in [5.74, 6) is 1.63. The van der Waals surface area contributed by atoms with E-state index in [1.807, 2.05) is 6.07 Å². The van der Waals surface area contributed by atoms with Gasteiger partial charge in [-0.25, -0.2) is 0 Å². The maximum absolute atomic E-state index is 5.32. The van der Waals surface area contributed by atoms with Crippen LogP contribution < -0.4 is 4.74 Å². The highest BCUT2D eigenvalue weighted by Crippen LogP contribution is 2.28. The van der Waals surface area contributed by atoms with Gasteiger partial charge in [-0.3, -0.25) is 0 Å². The molecular weight excluding hydrogens is 222 g/mol. The molecule has 0 bridgehead atoms. The molecule has 0 amide bonds. The molecule has 0 spiro atoms. The molecule has 0 N–H and O–H groups in total. The lowest BCUT2D eigenvalue weighted by molar-refractivity contribution is 0.371. The first-order valence-electron chi connectivity index (χ1n) is 6.96. The predicted molar refractivity (Wildman–Crippen MR) is 78.4 cm³/mol. The summed E-state index contributed by atoms with van der Waals surface area (Å²) in [6.07, 6.45) is 5.06. The summed E-state index contributed by atoms with van der Waals surface area (Å²) in [5, 5.41) is 0. The van der Waals surface area contributed by atoms with E-state index in [1.54, 1.807) is 7.11 Å². The molecule has 1 aromatic carbocycles. The van der Waals surface area contributed by atoms with E-state index < -0.39 is 0 Å². The van der Waals surface area contributed by atoms with Crippen molar-refractivity contribution in [1.82, 2.24) is 4.90 Å². The van der Waals surface area contributed by atoms with Gasteiger partial charge in [0.05, 0.1) is 7.11 Å². The second-order valence-corrected chi connectivity index (χ2v) is 5.21. The quantitative estimate of drug-likeness (QED) is 0.692. The van der Waals surface area contributed by atoms with Crippen LogP contribution in [0.5, 0.6) is 5.75 Å². The molecule has 0 radical (unpaired) electrons. The number of hydrogen-bond acceptors (Lipinski definition) is 2. The van der Waals surface area contributed by atoms with Gasteiger partial charge in [0.25, 0.3) is 0 Å². The van der Waals surface area contributed by atoms with Crippen LogP contribution in [0.15, 0.2) is 24.3 Å². The highest BCUT2D eigenvalue weighted by atomic mass is 16.5. The summed E-state index contributed by atoms with van der Waals surface area (Å²) in [6.45, 7) is 3.40. The molecule has 0 heterocycles. The largest absolute Gasteiger partial charge is 0.497 e. The third-order valence-electron chi connectivity index (χ3n) is 3.40. The minimum Gasteiger partial charge on any atom is -0.497 e. The molecule has 1 aromatic rings. The van der Waals surface area contributed by atoms with Crippen LogP contribution in [0.25, 0.3) is 0 Å². The first-order chi connectivity index (χ1) is 8.67. The Morgan fingerprint density at radius 3 is 2.61 bits per heavy atom. The Balaban J connectivity index is 2.72.